The molecule has 1 aromatic rings. The van der Waals surface area contributed by atoms with Crippen LogP contribution in [-0.2, 0) is 9.59 Å². The van der Waals surface area contributed by atoms with Crippen molar-refractivity contribution in [2.75, 3.05) is 12.3 Å². The van der Waals surface area contributed by atoms with Crippen molar-refractivity contribution in [3.63, 3.8) is 0 Å². The Kier molecular flexibility index (Phi) is 8.82. The van der Waals surface area contributed by atoms with E-state index >= 15 is 0 Å². The normalized spacial score (nSPS) is 14.9. The van der Waals surface area contributed by atoms with Crippen molar-refractivity contribution in [3.05, 3.63) is 35.9 Å². The molecule has 0 amide bonds. The molecule has 0 saturated heterocycles. The number of rotatable bonds is 11. The second-order valence-corrected chi connectivity index (χ2v) is 7.66. The average molecular weight is 340 g/mol. The molecule has 0 spiro atoms. The van der Waals surface area contributed by atoms with Crippen molar-refractivity contribution in [1.82, 2.24) is 0 Å². The molecule has 0 saturated carbocycles. The molecule has 3 atom stereocenters. The molecule has 0 bridgehead atoms. The van der Waals surface area contributed by atoms with E-state index in [1.165, 1.54) is 5.56 Å². The van der Waals surface area contributed by atoms with Gasteiger partial charge in [-0.25, -0.2) is 0 Å². The van der Waals surface area contributed by atoms with E-state index in [9.17, 15) is 14.5 Å². The van der Waals surface area contributed by atoms with Gasteiger partial charge in [0.05, 0.1) is 5.92 Å². The number of carboxylic acid groups (broad SMARTS) is 2. The standard InChI is InChI=1S/C17H25O5P/c1-13(14-7-3-2-4-8-14)6-5-11-23(22)12-15(17(20)21)9-10-16(18)19/h2-4,7-8,13,15,22H,5-6,9-12H2,1H3,(H,18,19)(H,20,21). The summed E-state index contributed by atoms with van der Waals surface area (Å²) in [5.74, 6) is -2.39. The van der Waals surface area contributed by atoms with Crippen molar-refractivity contribution in [1.29, 1.82) is 0 Å². The maximum Gasteiger partial charge on any atom is 0.306 e. The third kappa shape index (κ3) is 8.10. The fourth-order valence-electron chi connectivity index (χ4n) is 2.46. The van der Waals surface area contributed by atoms with Crippen LogP contribution in [0.5, 0.6) is 0 Å². The summed E-state index contributed by atoms with van der Waals surface area (Å²) in [6.07, 6.45) is 2.45. The molecule has 0 aliphatic rings. The lowest BCUT2D eigenvalue weighted by Crippen LogP contribution is -2.19. The van der Waals surface area contributed by atoms with Gasteiger partial charge in [0, 0.05) is 20.7 Å². The number of carbonyl (C=O) groups is 2. The summed E-state index contributed by atoms with van der Waals surface area (Å²) in [5, 5.41) is 17.7. The lowest BCUT2D eigenvalue weighted by molar-refractivity contribution is -0.142. The highest BCUT2D eigenvalue weighted by Crippen LogP contribution is 2.36. The summed E-state index contributed by atoms with van der Waals surface area (Å²) < 4.78 is 0. The molecule has 1 aromatic carbocycles. The van der Waals surface area contributed by atoms with E-state index in [0.717, 1.165) is 12.8 Å². The number of hydrogen-bond acceptors (Lipinski definition) is 3. The van der Waals surface area contributed by atoms with Gasteiger partial charge >= 0.3 is 11.9 Å². The smallest absolute Gasteiger partial charge is 0.306 e. The van der Waals surface area contributed by atoms with Gasteiger partial charge in [-0.15, -0.1) is 0 Å². The number of benzene rings is 1. The van der Waals surface area contributed by atoms with Gasteiger partial charge in [0.15, 0.2) is 0 Å². The van der Waals surface area contributed by atoms with Gasteiger partial charge in [0.1, 0.15) is 0 Å². The number of carboxylic acids is 2. The minimum Gasteiger partial charge on any atom is -0.481 e. The molecule has 0 fully saturated rings. The molecular weight excluding hydrogens is 315 g/mol. The molecule has 5 nitrogen and oxygen atoms in total. The summed E-state index contributed by atoms with van der Waals surface area (Å²) in [4.78, 5) is 31.7. The third-order valence-electron chi connectivity index (χ3n) is 3.91. The number of aliphatic carboxylic acids is 2. The van der Waals surface area contributed by atoms with E-state index in [4.69, 9.17) is 10.2 Å². The fraction of sp³-hybridized carbons (Fsp3) is 0.529. The Hall–Kier alpha value is -1.45. The van der Waals surface area contributed by atoms with Crippen LogP contribution >= 0.6 is 8.15 Å². The Morgan fingerprint density at radius 3 is 2.35 bits per heavy atom. The van der Waals surface area contributed by atoms with Crippen molar-refractivity contribution in [3.8, 4) is 0 Å². The topological polar surface area (TPSA) is 94.8 Å². The third-order valence-corrected chi connectivity index (χ3v) is 5.60. The molecule has 0 radical (unpaired) electrons. The molecule has 128 valence electrons. The Morgan fingerprint density at radius 1 is 1.13 bits per heavy atom. The minimum absolute atomic E-state index is 0.0739. The van der Waals surface area contributed by atoms with Gasteiger partial charge < -0.3 is 15.1 Å². The summed E-state index contributed by atoms with van der Waals surface area (Å²) in [6, 6.07) is 10.2. The Balaban J connectivity index is 2.33. The first-order valence-electron chi connectivity index (χ1n) is 7.83. The molecular formula is C17H25O5P. The SMILES string of the molecule is CC(CCCP(O)CC(CCC(=O)O)C(=O)O)c1ccccc1. The van der Waals surface area contributed by atoms with Crippen molar-refractivity contribution in [2.45, 2.75) is 38.5 Å². The highest BCUT2D eigenvalue weighted by molar-refractivity contribution is 7.51. The van der Waals surface area contributed by atoms with Gasteiger partial charge in [-0.05, 0) is 36.9 Å². The van der Waals surface area contributed by atoms with E-state index in [2.05, 4.69) is 19.1 Å². The zero-order chi connectivity index (χ0) is 17.2. The first-order valence-corrected chi connectivity index (χ1v) is 9.50. The van der Waals surface area contributed by atoms with Crippen molar-refractivity contribution < 1.29 is 24.7 Å². The molecule has 3 unspecified atom stereocenters. The molecule has 1 rings (SSSR count). The predicted molar refractivity (Wildman–Crippen MR) is 91.0 cm³/mol. The van der Waals surface area contributed by atoms with E-state index in [-0.39, 0.29) is 19.0 Å². The maximum absolute atomic E-state index is 11.1. The molecule has 0 aliphatic carbocycles. The Labute approximate surface area is 138 Å². The maximum atomic E-state index is 11.1. The Bertz CT molecular complexity index is 491. The first-order chi connectivity index (χ1) is 10.9. The van der Waals surface area contributed by atoms with Crippen LogP contribution in [0, 0.1) is 5.92 Å². The second kappa shape index (κ2) is 10.3. The van der Waals surface area contributed by atoms with Crippen LogP contribution in [0.25, 0.3) is 0 Å². The summed E-state index contributed by atoms with van der Waals surface area (Å²) in [6.45, 7) is 2.14. The molecule has 3 N–H and O–H groups in total. The van der Waals surface area contributed by atoms with Crippen LogP contribution in [0.4, 0.5) is 0 Å². The van der Waals surface area contributed by atoms with E-state index in [1.807, 2.05) is 18.2 Å². The summed E-state index contributed by atoms with van der Waals surface area (Å²) >= 11 is 0. The Morgan fingerprint density at radius 2 is 1.78 bits per heavy atom. The van der Waals surface area contributed by atoms with Crippen LogP contribution in [0.1, 0.15) is 44.1 Å². The summed E-state index contributed by atoms with van der Waals surface area (Å²) in [7, 11) is -1.36. The number of hydrogen-bond donors (Lipinski definition) is 3. The van der Waals surface area contributed by atoms with Gasteiger partial charge in [0.25, 0.3) is 0 Å². The van der Waals surface area contributed by atoms with Crippen LogP contribution in [0.15, 0.2) is 30.3 Å². The zero-order valence-corrected chi connectivity index (χ0v) is 14.3. The largest absolute Gasteiger partial charge is 0.481 e. The summed E-state index contributed by atoms with van der Waals surface area (Å²) in [5.41, 5.74) is 1.26. The molecule has 23 heavy (non-hydrogen) atoms. The molecule has 6 heteroatoms. The lowest BCUT2D eigenvalue weighted by Gasteiger charge is -2.17. The highest BCUT2D eigenvalue weighted by Gasteiger charge is 2.22. The van der Waals surface area contributed by atoms with Gasteiger partial charge in [-0.2, -0.15) is 0 Å². The average Bonchev–Trinajstić information content (AvgIpc) is 2.51. The monoisotopic (exact) mass is 340 g/mol. The lowest BCUT2D eigenvalue weighted by atomic mass is 9.97. The second-order valence-electron chi connectivity index (χ2n) is 5.83. The molecule has 0 aromatic heterocycles. The van der Waals surface area contributed by atoms with Gasteiger partial charge in [-0.1, -0.05) is 37.3 Å². The van der Waals surface area contributed by atoms with E-state index in [1.54, 1.807) is 0 Å². The highest BCUT2D eigenvalue weighted by atomic mass is 31.1. The van der Waals surface area contributed by atoms with Crippen LogP contribution in [-0.4, -0.2) is 39.4 Å². The molecule has 0 aliphatic heterocycles. The van der Waals surface area contributed by atoms with E-state index in [0.29, 0.717) is 12.1 Å². The van der Waals surface area contributed by atoms with Crippen molar-refractivity contribution in [2.24, 2.45) is 5.92 Å². The fourth-order valence-corrected chi connectivity index (χ4v) is 4.04. The first kappa shape index (κ1) is 19.6. The van der Waals surface area contributed by atoms with Crippen LogP contribution in [0.2, 0.25) is 0 Å². The minimum atomic E-state index is -1.36. The van der Waals surface area contributed by atoms with Gasteiger partial charge in [-0.3, -0.25) is 9.59 Å². The van der Waals surface area contributed by atoms with E-state index < -0.39 is 26.0 Å². The molecule has 0 heterocycles. The van der Waals surface area contributed by atoms with Crippen LogP contribution in [0.3, 0.4) is 0 Å². The van der Waals surface area contributed by atoms with Crippen molar-refractivity contribution >= 4 is 20.1 Å². The van der Waals surface area contributed by atoms with Crippen LogP contribution < -0.4 is 0 Å². The zero-order valence-electron chi connectivity index (χ0n) is 13.4. The predicted octanol–water partition coefficient (Wildman–Crippen LogP) is 3.53. The van der Waals surface area contributed by atoms with Gasteiger partial charge in [0.2, 0.25) is 0 Å². The quantitative estimate of drug-likeness (QED) is 0.536.